The lowest BCUT2D eigenvalue weighted by molar-refractivity contribution is -0.116. The SMILES string of the molecule is Cc1c(-c2nc(-c3ccccc3)no2)sc2ncn(CC(=O)Nc3cccc(F)c3)c(=O)c12. The molecule has 5 aromatic rings. The van der Waals surface area contributed by atoms with E-state index in [0.717, 1.165) is 5.56 Å². The standard InChI is InChI=1S/C23H16FN5O3S/c1-13-18-22(33-19(13)21-27-20(28-32-21)14-6-3-2-4-7-14)25-12-29(23(18)31)11-17(30)26-16-9-5-8-15(24)10-16/h2-10,12H,11H2,1H3,(H,26,30). The van der Waals surface area contributed by atoms with Gasteiger partial charge in [0.05, 0.1) is 16.6 Å². The monoisotopic (exact) mass is 461 g/mol. The third kappa shape index (κ3) is 4.03. The van der Waals surface area contributed by atoms with Crippen molar-refractivity contribution in [3.63, 3.8) is 0 Å². The second kappa shape index (κ2) is 8.40. The highest BCUT2D eigenvalue weighted by atomic mass is 32.1. The Kier molecular flexibility index (Phi) is 5.27. The van der Waals surface area contributed by atoms with E-state index in [1.807, 2.05) is 30.3 Å². The van der Waals surface area contributed by atoms with Crippen molar-refractivity contribution >= 4 is 33.1 Å². The van der Waals surface area contributed by atoms with E-state index >= 15 is 0 Å². The fourth-order valence-corrected chi connectivity index (χ4v) is 4.48. The first-order valence-electron chi connectivity index (χ1n) is 9.93. The number of hydrogen-bond donors (Lipinski definition) is 1. The number of halogens is 1. The van der Waals surface area contributed by atoms with E-state index in [4.69, 9.17) is 4.52 Å². The van der Waals surface area contributed by atoms with Crippen molar-refractivity contribution < 1.29 is 13.7 Å². The molecule has 0 atom stereocenters. The van der Waals surface area contributed by atoms with Crippen molar-refractivity contribution in [2.45, 2.75) is 13.5 Å². The van der Waals surface area contributed by atoms with E-state index in [1.54, 1.807) is 13.0 Å². The number of benzene rings is 2. The van der Waals surface area contributed by atoms with E-state index in [0.29, 0.717) is 38.1 Å². The minimum absolute atomic E-state index is 0.262. The van der Waals surface area contributed by atoms with Gasteiger partial charge in [0.15, 0.2) is 0 Å². The molecule has 0 unspecified atom stereocenters. The van der Waals surface area contributed by atoms with Crippen LogP contribution in [0.1, 0.15) is 5.56 Å². The molecule has 3 aromatic heterocycles. The molecule has 0 saturated heterocycles. The van der Waals surface area contributed by atoms with Crippen molar-refractivity contribution in [2.24, 2.45) is 0 Å². The average Bonchev–Trinajstić information content (AvgIpc) is 3.41. The topological polar surface area (TPSA) is 103 Å². The number of aromatic nitrogens is 4. The largest absolute Gasteiger partial charge is 0.333 e. The van der Waals surface area contributed by atoms with Gasteiger partial charge in [0.25, 0.3) is 11.4 Å². The van der Waals surface area contributed by atoms with Gasteiger partial charge >= 0.3 is 0 Å². The highest BCUT2D eigenvalue weighted by Gasteiger charge is 2.21. The third-order valence-electron chi connectivity index (χ3n) is 4.99. The summed E-state index contributed by atoms with van der Waals surface area (Å²) in [5.74, 6) is -0.196. The van der Waals surface area contributed by atoms with Gasteiger partial charge in [-0.15, -0.1) is 11.3 Å². The summed E-state index contributed by atoms with van der Waals surface area (Å²) >= 11 is 1.27. The Labute approximate surface area is 190 Å². The molecular formula is C23H16FN5O3S. The molecule has 0 aliphatic heterocycles. The average molecular weight is 461 g/mol. The fourth-order valence-electron chi connectivity index (χ4n) is 3.42. The summed E-state index contributed by atoms with van der Waals surface area (Å²) in [6.45, 7) is 1.52. The lowest BCUT2D eigenvalue weighted by atomic mass is 10.2. The first kappa shape index (κ1) is 20.7. The summed E-state index contributed by atoms with van der Waals surface area (Å²) in [5.41, 5.74) is 1.41. The zero-order valence-electron chi connectivity index (χ0n) is 17.3. The van der Waals surface area contributed by atoms with Gasteiger partial charge in [-0.3, -0.25) is 14.2 Å². The lowest BCUT2D eigenvalue weighted by Gasteiger charge is -2.07. The van der Waals surface area contributed by atoms with E-state index in [-0.39, 0.29) is 12.1 Å². The van der Waals surface area contributed by atoms with Crippen LogP contribution in [-0.4, -0.2) is 25.6 Å². The number of anilines is 1. The summed E-state index contributed by atoms with van der Waals surface area (Å²) in [6.07, 6.45) is 1.32. The second-order valence-corrected chi connectivity index (χ2v) is 8.26. The molecule has 0 aliphatic rings. The molecule has 164 valence electrons. The Morgan fingerprint density at radius 3 is 2.79 bits per heavy atom. The number of fused-ring (bicyclic) bond motifs is 1. The van der Waals surface area contributed by atoms with Crippen LogP contribution in [0.15, 0.2) is 70.2 Å². The zero-order chi connectivity index (χ0) is 22.9. The number of nitrogens with zero attached hydrogens (tertiary/aromatic N) is 4. The summed E-state index contributed by atoms with van der Waals surface area (Å²) in [4.78, 5) is 35.4. The molecule has 0 radical (unpaired) electrons. The first-order valence-corrected chi connectivity index (χ1v) is 10.7. The van der Waals surface area contributed by atoms with Crippen LogP contribution in [0.5, 0.6) is 0 Å². The van der Waals surface area contributed by atoms with E-state index < -0.39 is 11.7 Å². The number of carbonyl (C=O) groups excluding carboxylic acids is 1. The maximum Gasteiger partial charge on any atom is 0.268 e. The van der Waals surface area contributed by atoms with Crippen LogP contribution in [0, 0.1) is 12.7 Å². The Balaban J connectivity index is 1.44. The Hall–Kier alpha value is -4.18. The van der Waals surface area contributed by atoms with Crippen molar-refractivity contribution in [3.05, 3.63) is 82.7 Å². The number of nitrogens with one attached hydrogen (secondary N) is 1. The van der Waals surface area contributed by atoms with Crippen molar-refractivity contribution in [2.75, 3.05) is 5.32 Å². The normalized spacial score (nSPS) is 11.1. The number of amides is 1. The molecular weight excluding hydrogens is 445 g/mol. The number of carbonyl (C=O) groups is 1. The van der Waals surface area contributed by atoms with E-state index in [2.05, 4.69) is 20.4 Å². The van der Waals surface area contributed by atoms with Crippen molar-refractivity contribution in [1.29, 1.82) is 0 Å². The van der Waals surface area contributed by atoms with Gasteiger partial charge in [0.1, 0.15) is 17.2 Å². The van der Waals surface area contributed by atoms with Crippen LogP contribution in [0.4, 0.5) is 10.1 Å². The molecule has 0 saturated carbocycles. The minimum Gasteiger partial charge on any atom is -0.333 e. The lowest BCUT2D eigenvalue weighted by Crippen LogP contribution is -2.27. The van der Waals surface area contributed by atoms with Crippen LogP contribution in [0.25, 0.3) is 32.4 Å². The summed E-state index contributed by atoms with van der Waals surface area (Å²) in [7, 11) is 0. The highest BCUT2D eigenvalue weighted by Crippen LogP contribution is 2.35. The molecule has 0 aliphatic carbocycles. The first-order chi connectivity index (χ1) is 16.0. The molecule has 0 bridgehead atoms. The quantitative estimate of drug-likeness (QED) is 0.420. The Morgan fingerprint density at radius 2 is 2.00 bits per heavy atom. The molecule has 0 fully saturated rings. The van der Waals surface area contributed by atoms with Crippen molar-refractivity contribution in [3.8, 4) is 22.2 Å². The highest BCUT2D eigenvalue weighted by molar-refractivity contribution is 7.22. The molecule has 1 N–H and O–H groups in total. The molecule has 2 aromatic carbocycles. The molecule has 3 heterocycles. The molecule has 1 amide bonds. The summed E-state index contributed by atoms with van der Waals surface area (Å²) < 4.78 is 20.0. The predicted octanol–water partition coefficient (Wildman–Crippen LogP) is 4.26. The second-order valence-electron chi connectivity index (χ2n) is 7.26. The smallest absolute Gasteiger partial charge is 0.268 e. The summed E-state index contributed by atoms with van der Waals surface area (Å²) in [6, 6.07) is 14.9. The van der Waals surface area contributed by atoms with Crippen LogP contribution in [0.2, 0.25) is 0 Å². The van der Waals surface area contributed by atoms with Crippen LogP contribution in [0.3, 0.4) is 0 Å². The van der Waals surface area contributed by atoms with Gasteiger partial charge in [0.2, 0.25) is 11.7 Å². The number of hydrogen-bond acceptors (Lipinski definition) is 7. The maximum absolute atomic E-state index is 13.3. The Bertz CT molecular complexity index is 1540. The van der Waals surface area contributed by atoms with E-state index in [9.17, 15) is 14.0 Å². The number of rotatable bonds is 5. The summed E-state index contributed by atoms with van der Waals surface area (Å²) in [5, 5.41) is 6.99. The maximum atomic E-state index is 13.3. The fraction of sp³-hybridized carbons (Fsp3) is 0.0870. The molecule has 33 heavy (non-hydrogen) atoms. The van der Waals surface area contributed by atoms with Gasteiger partial charge < -0.3 is 9.84 Å². The van der Waals surface area contributed by atoms with Crippen LogP contribution >= 0.6 is 11.3 Å². The molecule has 0 spiro atoms. The number of thiophene rings is 1. The van der Waals surface area contributed by atoms with Gasteiger partial charge in [-0.25, -0.2) is 9.37 Å². The number of aryl methyl sites for hydroxylation is 1. The molecule has 8 nitrogen and oxygen atoms in total. The van der Waals surface area contributed by atoms with Gasteiger partial charge in [-0.1, -0.05) is 41.6 Å². The minimum atomic E-state index is -0.471. The molecule has 10 heteroatoms. The van der Waals surface area contributed by atoms with Crippen molar-refractivity contribution in [1.82, 2.24) is 19.7 Å². The van der Waals surface area contributed by atoms with Gasteiger partial charge in [-0.2, -0.15) is 4.98 Å². The molecule has 5 rings (SSSR count). The van der Waals surface area contributed by atoms with Crippen LogP contribution < -0.4 is 10.9 Å². The van der Waals surface area contributed by atoms with E-state index in [1.165, 1.54) is 40.4 Å². The third-order valence-corrected chi connectivity index (χ3v) is 6.18. The van der Waals surface area contributed by atoms with Crippen LogP contribution in [-0.2, 0) is 11.3 Å². The zero-order valence-corrected chi connectivity index (χ0v) is 18.1. The van der Waals surface area contributed by atoms with Gasteiger partial charge in [0, 0.05) is 11.3 Å². The predicted molar refractivity (Wildman–Crippen MR) is 122 cm³/mol. The Morgan fingerprint density at radius 1 is 1.18 bits per heavy atom. The van der Waals surface area contributed by atoms with Gasteiger partial charge in [-0.05, 0) is 30.7 Å².